The number of aryl methyl sites for hydroxylation is 2. The highest BCUT2D eigenvalue weighted by atomic mass is 32.2. The minimum atomic E-state index is -3.64. The van der Waals surface area contributed by atoms with Crippen LogP contribution in [0.4, 0.5) is 5.69 Å². The van der Waals surface area contributed by atoms with Crippen LogP contribution in [-0.4, -0.2) is 65.6 Å². The maximum absolute atomic E-state index is 12.9. The van der Waals surface area contributed by atoms with Crippen LogP contribution in [0.3, 0.4) is 0 Å². The molecule has 0 radical (unpaired) electrons. The van der Waals surface area contributed by atoms with Crippen molar-refractivity contribution >= 4 is 21.6 Å². The van der Waals surface area contributed by atoms with Crippen LogP contribution >= 0.6 is 0 Å². The largest absolute Gasteiger partial charge is 0.379 e. The van der Waals surface area contributed by atoms with Gasteiger partial charge in [0.1, 0.15) is 0 Å². The van der Waals surface area contributed by atoms with Crippen molar-refractivity contribution in [3.05, 3.63) is 59.2 Å². The predicted octanol–water partition coefficient (Wildman–Crippen LogP) is 2.44. The van der Waals surface area contributed by atoms with Gasteiger partial charge in [-0.2, -0.15) is 4.31 Å². The molecule has 0 aromatic heterocycles. The third-order valence-corrected chi connectivity index (χ3v) is 7.34. The van der Waals surface area contributed by atoms with E-state index in [-0.39, 0.29) is 10.8 Å². The maximum atomic E-state index is 12.9. The lowest BCUT2D eigenvalue weighted by Gasteiger charge is -2.26. The highest BCUT2D eigenvalue weighted by Gasteiger charge is 2.27. The Kier molecular flexibility index (Phi) is 7.69. The topological polar surface area (TPSA) is 78.9 Å². The van der Waals surface area contributed by atoms with E-state index in [9.17, 15) is 13.2 Å². The van der Waals surface area contributed by atoms with Gasteiger partial charge in [-0.3, -0.25) is 4.79 Å². The zero-order valence-electron chi connectivity index (χ0n) is 18.4. The third-order valence-electron chi connectivity index (χ3n) is 5.44. The molecule has 0 bridgehead atoms. The van der Waals surface area contributed by atoms with Crippen LogP contribution in [0.1, 0.15) is 27.9 Å². The summed E-state index contributed by atoms with van der Waals surface area (Å²) < 4.78 is 32.4. The molecule has 1 amide bonds. The molecule has 0 saturated carbocycles. The number of nitrogens with one attached hydrogen (secondary N) is 1. The number of anilines is 1. The second-order valence-electron chi connectivity index (χ2n) is 7.91. The molecule has 2 aromatic rings. The van der Waals surface area contributed by atoms with Crippen molar-refractivity contribution in [2.24, 2.45) is 0 Å². The van der Waals surface area contributed by atoms with Crippen molar-refractivity contribution in [1.29, 1.82) is 0 Å². The Morgan fingerprint density at radius 2 is 1.77 bits per heavy atom. The average molecular weight is 446 g/mol. The summed E-state index contributed by atoms with van der Waals surface area (Å²) in [5.74, 6) is -0.250. The highest BCUT2D eigenvalue weighted by Crippen LogP contribution is 2.21. The van der Waals surface area contributed by atoms with Crippen LogP contribution in [0.5, 0.6) is 0 Å². The van der Waals surface area contributed by atoms with E-state index >= 15 is 0 Å². The molecule has 0 spiro atoms. The van der Waals surface area contributed by atoms with Crippen molar-refractivity contribution in [2.45, 2.75) is 24.7 Å². The van der Waals surface area contributed by atoms with E-state index in [2.05, 4.69) is 34.5 Å². The van der Waals surface area contributed by atoms with E-state index in [0.717, 1.165) is 24.1 Å². The van der Waals surface area contributed by atoms with Crippen molar-refractivity contribution in [3.8, 4) is 0 Å². The smallest absolute Gasteiger partial charge is 0.251 e. The molecule has 1 fully saturated rings. The van der Waals surface area contributed by atoms with Crippen LogP contribution in [0.15, 0.2) is 47.4 Å². The zero-order chi connectivity index (χ0) is 22.4. The van der Waals surface area contributed by atoms with E-state index in [1.165, 1.54) is 15.9 Å². The molecular formula is C23H31N3O4S. The first-order valence-corrected chi connectivity index (χ1v) is 12.0. The van der Waals surface area contributed by atoms with E-state index in [0.29, 0.717) is 38.4 Å². The van der Waals surface area contributed by atoms with Gasteiger partial charge in [0, 0.05) is 45.0 Å². The molecular weight excluding hydrogens is 414 g/mol. The summed E-state index contributed by atoms with van der Waals surface area (Å²) in [6.45, 7) is 3.76. The van der Waals surface area contributed by atoms with Crippen LogP contribution in [0.25, 0.3) is 0 Å². The van der Waals surface area contributed by atoms with Gasteiger partial charge in [0.05, 0.1) is 18.1 Å². The molecule has 0 atom stereocenters. The Morgan fingerprint density at radius 3 is 2.42 bits per heavy atom. The molecule has 8 heteroatoms. The number of amides is 1. The summed E-state index contributed by atoms with van der Waals surface area (Å²) in [6.07, 6.45) is 1.66. The predicted molar refractivity (Wildman–Crippen MR) is 122 cm³/mol. The van der Waals surface area contributed by atoms with Gasteiger partial charge in [-0.15, -0.1) is 0 Å². The molecule has 0 unspecified atom stereocenters. The molecule has 1 saturated heterocycles. The fourth-order valence-corrected chi connectivity index (χ4v) is 4.93. The lowest BCUT2D eigenvalue weighted by atomic mass is 10.1. The monoisotopic (exact) mass is 445 g/mol. The number of morpholine rings is 1. The number of carbonyl (C=O) groups is 1. The molecule has 1 N–H and O–H groups in total. The van der Waals surface area contributed by atoms with Crippen LogP contribution in [0.2, 0.25) is 0 Å². The van der Waals surface area contributed by atoms with Crippen molar-refractivity contribution < 1.29 is 17.9 Å². The lowest BCUT2D eigenvalue weighted by molar-refractivity contribution is 0.0730. The average Bonchev–Trinajstić information content (AvgIpc) is 2.77. The van der Waals surface area contributed by atoms with Gasteiger partial charge in [-0.1, -0.05) is 18.2 Å². The minimum Gasteiger partial charge on any atom is -0.379 e. The molecule has 1 aliphatic heterocycles. The number of carbonyl (C=O) groups excluding carboxylic acids is 1. The molecule has 1 aliphatic rings. The molecule has 31 heavy (non-hydrogen) atoms. The first kappa shape index (κ1) is 23.2. The molecule has 168 valence electrons. The lowest BCUT2D eigenvalue weighted by Crippen LogP contribution is -2.40. The number of ether oxygens (including phenoxy) is 1. The van der Waals surface area contributed by atoms with Crippen LogP contribution in [-0.2, 0) is 21.2 Å². The second kappa shape index (κ2) is 10.3. The SMILES string of the molecule is Cc1ccc(S(=O)(=O)N2CCOCC2)cc1C(=O)NCCCc1ccc(N(C)C)cc1. The Bertz CT molecular complexity index is 998. The highest BCUT2D eigenvalue weighted by molar-refractivity contribution is 7.89. The summed E-state index contributed by atoms with van der Waals surface area (Å²) in [4.78, 5) is 14.9. The Morgan fingerprint density at radius 1 is 1.10 bits per heavy atom. The molecule has 2 aromatic carbocycles. The number of hydrogen-bond acceptors (Lipinski definition) is 5. The molecule has 7 nitrogen and oxygen atoms in total. The minimum absolute atomic E-state index is 0.145. The Labute approximate surface area is 185 Å². The first-order valence-electron chi connectivity index (χ1n) is 10.5. The summed E-state index contributed by atoms with van der Waals surface area (Å²) in [7, 11) is 0.379. The maximum Gasteiger partial charge on any atom is 0.251 e. The van der Waals surface area contributed by atoms with Gasteiger partial charge in [-0.25, -0.2) is 8.42 Å². The van der Waals surface area contributed by atoms with Gasteiger partial charge in [-0.05, 0) is 55.2 Å². The van der Waals surface area contributed by atoms with E-state index in [4.69, 9.17) is 4.74 Å². The van der Waals surface area contributed by atoms with Gasteiger partial charge in [0.25, 0.3) is 5.91 Å². The number of hydrogen-bond donors (Lipinski definition) is 1. The van der Waals surface area contributed by atoms with Crippen molar-refractivity contribution in [3.63, 3.8) is 0 Å². The Balaban J connectivity index is 1.59. The summed E-state index contributed by atoms with van der Waals surface area (Å²) in [5.41, 5.74) is 3.51. The fourth-order valence-electron chi connectivity index (χ4n) is 3.49. The summed E-state index contributed by atoms with van der Waals surface area (Å²) in [6, 6.07) is 13.1. The standard InChI is InChI=1S/C23H31N3O4S/c1-18-6-11-21(31(28,29)26-13-15-30-16-14-26)17-22(18)23(27)24-12-4-5-19-7-9-20(10-8-19)25(2)3/h6-11,17H,4-5,12-16H2,1-3H3,(H,24,27). The molecule has 3 rings (SSSR count). The normalized spacial score (nSPS) is 14.9. The van der Waals surface area contributed by atoms with Gasteiger partial charge in [0.2, 0.25) is 10.0 Å². The number of benzene rings is 2. The van der Waals surface area contributed by atoms with Gasteiger partial charge >= 0.3 is 0 Å². The number of rotatable bonds is 8. The van der Waals surface area contributed by atoms with Crippen molar-refractivity contribution in [2.75, 3.05) is 51.8 Å². The van der Waals surface area contributed by atoms with E-state index < -0.39 is 10.0 Å². The summed E-state index contributed by atoms with van der Waals surface area (Å²) in [5, 5.41) is 2.92. The van der Waals surface area contributed by atoms with Crippen LogP contribution < -0.4 is 10.2 Å². The van der Waals surface area contributed by atoms with Gasteiger partial charge in [0.15, 0.2) is 0 Å². The quantitative estimate of drug-likeness (QED) is 0.632. The Hall–Kier alpha value is -2.42. The molecule has 1 heterocycles. The number of sulfonamides is 1. The molecule has 0 aliphatic carbocycles. The van der Waals surface area contributed by atoms with Crippen molar-refractivity contribution in [1.82, 2.24) is 9.62 Å². The fraction of sp³-hybridized carbons (Fsp3) is 0.435. The third kappa shape index (κ3) is 5.84. The van der Waals surface area contributed by atoms with Crippen LogP contribution in [0, 0.1) is 6.92 Å². The van der Waals surface area contributed by atoms with E-state index in [1.807, 2.05) is 21.0 Å². The second-order valence-corrected chi connectivity index (χ2v) is 9.85. The number of nitrogens with zero attached hydrogens (tertiary/aromatic N) is 2. The zero-order valence-corrected chi connectivity index (χ0v) is 19.2. The summed E-state index contributed by atoms with van der Waals surface area (Å²) >= 11 is 0. The van der Waals surface area contributed by atoms with Gasteiger partial charge < -0.3 is 15.0 Å². The first-order chi connectivity index (χ1) is 14.8. The van der Waals surface area contributed by atoms with E-state index in [1.54, 1.807) is 12.1 Å².